The van der Waals surface area contributed by atoms with Gasteiger partial charge in [0.1, 0.15) is 18.4 Å². The zero-order valence-electron chi connectivity index (χ0n) is 15.8. The van der Waals surface area contributed by atoms with Crippen molar-refractivity contribution >= 4 is 22.5 Å². The van der Waals surface area contributed by atoms with Crippen LogP contribution in [0.25, 0.3) is 5.57 Å². The van der Waals surface area contributed by atoms with Crippen molar-refractivity contribution in [3.8, 4) is 5.75 Å². The third-order valence-electron chi connectivity index (χ3n) is 3.84. The predicted octanol–water partition coefficient (Wildman–Crippen LogP) is 3.39. The van der Waals surface area contributed by atoms with Gasteiger partial charge in [0.25, 0.3) is 0 Å². The van der Waals surface area contributed by atoms with E-state index in [4.69, 9.17) is 9.47 Å². The summed E-state index contributed by atoms with van der Waals surface area (Å²) >= 11 is 0. The molecule has 1 N–H and O–H groups in total. The van der Waals surface area contributed by atoms with Crippen molar-refractivity contribution in [1.29, 1.82) is 0 Å². The van der Waals surface area contributed by atoms with Crippen LogP contribution in [0.4, 0.5) is 0 Å². The van der Waals surface area contributed by atoms with Gasteiger partial charge in [-0.05, 0) is 40.2 Å². The van der Waals surface area contributed by atoms with Gasteiger partial charge in [0.15, 0.2) is 0 Å². The van der Waals surface area contributed by atoms with Gasteiger partial charge in [0.05, 0.1) is 22.3 Å². The van der Waals surface area contributed by atoms with Gasteiger partial charge < -0.3 is 9.47 Å². The molecule has 0 unspecified atom stereocenters. The summed E-state index contributed by atoms with van der Waals surface area (Å²) in [6.45, 7) is 12.1. The van der Waals surface area contributed by atoms with E-state index in [1.165, 1.54) is 0 Å². The smallest absolute Gasteiger partial charge is 0.324 e. The molecule has 1 aliphatic rings. The molecule has 142 valence electrons. The lowest BCUT2D eigenvalue weighted by atomic mass is 10.0. The molecule has 1 aromatic carbocycles. The highest BCUT2D eigenvalue weighted by atomic mass is 32.2. The van der Waals surface area contributed by atoms with Gasteiger partial charge in [0, 0.05) is 11.1 Å². The third kappa shape index (κ3) is 5.29. The summed E-state index contributed by atoms with van der Waals surface area (Å²) in [4.78, 5) is 12.3. The topological polar surface area (TPSA) is 64.6 Å². The largest absolute Gasteiger partial charge is 0.488 e. The van der Waals surface area contributed by atoms with Crippen LogP contribution in [-0.2, 0) is 20.5 Å². The summed E-state index contributed by atoms with van der Waals surface area (Å²) in [5.41, 5.74) is 2.80. The summed E-state index contributed by atoms with van der Waals surface area (Å²) in [6, 6.07) is 7.10. The van der Waals surface area contributed by atoms with Crippen molar-refractivity contribution in [2.45, 2.75) is 44.9 Å². The zero-order chi connectivity index (χ0) is 19.3. The summed E-state index contributed by atoms with van der Waals surface area (Å²) in [6.07, 6.45) is 2.24. The van der Waals surface area contributed by atoms with E-state index in [0.717, 1.165) is 22.5 Å². The average Bonchev–Trinajstić information content (AvgIpc) is 2.96. The number of hydrogen-bond acceptors (Lipinski definition) is 4. The van der Waals surface area contributed by atoms with Gasteiger partial charge in [-0.25, -0.2) is 8.93 Å². The van der Waals surface area contributed by atoms with Crippen molar-refractivity contribution < 1.29 is 18.5 Å². The molecule has 1 aromatic rings. The summed E-state index contributed by atoms with van der Waals surface area (Å²) in [5.74, 6) is 0.424. The Morgan fingerprint density at radius 2 is 2.12 bits per heavy atom. The molecule has 1 aliphatic heterocycles. The van der Waals surface area contributed by atoms with Gasteiger partial charge in [-0.15, -0.1) is 0 Å². The second kappa shape index (κ2) is 8.64. The first-order valence-electron chi connectivity index (χ1n) is 8.67. The Morgan fingerprint density at radius 1 is 1.42 bits per heavy atom. The first kappa shape index (κ1) is 20.4. The lowest BCUT2D eigenvalue weighted by Gasteiger charge is -2.23. The summed E-state index contributed by atoms with van der Waals surface area (Å²) in [5, 5.41) is 0. The number of allylic oxidation sites excluding steroid dienone is 1. The molecule has 0 saturated carbocycles. The number of hydrogen-bond donors (Lipinski definition) is 1. The minimum atomic E-state index is -1.39. The zero-order valence-corrected chi connectivity index (χ0v) is 16.7. The van der Waals surface area contributed by atoms with E-state index in [1.54, 1.807) is 6.92 Å². The Morgan fingerprint density at radius 3 is 2.77 bits per heavy atom. The van der Waals surface area contributed by atoms with Crippen LogP contribution in [0.15, 0.2) is 42.5 Å². The van der Waals surface area contributed by atoms with E-state index in [2.05, 4.69) is 11.3 Å². The van der Waals surface area contributed by atoms with Crippen molar-refractivity contribution in [3.05, 3.63) is 48.1 Å². The first-order chi connectivity index (χ1) is 12.2. The number of para-hydroxylation sites is 1. The van der Waals surface area contributed by atoms with Crippen molar-refractivity contribution in [2.75, 3.05) is 13.2 Å². The van der Waals surface area contributed by atoms with Crippen LogP contribution in [-0.4, -0.2) is 34.2 Å². The predicted molar refractivity (Wildman–Crippen MR) is 105 cm³/mol. The van der Waals surface area contributed by atoms with Crippen LogP contribution in [0.5, 0.6) is 5.75 Å². The van der Waals surface area contributed by atoms with Crippen LogP contribution < -0.4 is 9.46 Å². The molecule has 0 aliphatic carbocycles. The highest BCUT2D eigenvalue weighted by molar-refractivity contribution is 7.84. The normalized spacial score (nSPS) is 17.3. The van der Waals surface area contributed by atoms with Crippen LogP contribution in [0.3, 0.4) is 0 Å². The third-order valence-corrected chi connectivity index (χ3v) is 5.45. The van der Waals surface area contributed by atoms with Crippen molar-refractivity contribution in [3.63, 3.8) is 0 Å². The Bertz CT molecular complexity index is 734. The van der Waals surface area contributed by atoms with Gasteiger partial charge >= 0.3 is 5.97 Å². The standard InChI is InChI=1S/C20H27NO4S/c1-6-24-19(22)17(21-26(23)20(3,4)5)12-14(2)11-15-13-25-18-10-8-7-9-16(15)18/h7-11,17,21H,2,6,12-13H2,1,3-5H3/b15-11-/t17-,26-/m1/s1. The molecule has 2 atom stereocenters. The number of esters is 1. The molecule has 6 heteroatoms. The molecular weight excluding hydrogens is 350 g/mol. The van der Waals surface area contributed by atoms with Crippen LogP contribution in [0.1, 0.15) is 39.7 Å². The van der Waals surface area contributed by atoms with Gasteiger partial charge in [0.2, 0.25) is 0 Å². The van der Waals surface area contributed by atoms with Crippen molar-refractivity contribution in [1.82, 2.24) is 4.72 Å². The average molecular weight is 378 g/mol. The Labute approximate surface area is 158 Å². The number of ether oxygens (including phenoxy) is 2. The van der Waals surface area contributed by atoms with E-state index in [-0.39, 0.29) is 6.61 Å². The fraction of sp³-hybridized carbons (Fsp3) is 0.450. The highest BCUT2D eigenvalue weighted by Crippen LogP contribution is 2.33. The van der Waals surface area contributed by atoms with E-state index in [0.29, 0.717) is 13.0 Å². The summed E-state index contributed by atoms with van der Waals surface area (Å²) in [7, 11) is -1.39. The van der Waals surface area contributed by atoms with E-state index >= 15 is 0 Å². The molecule has 2 rings (SSSR count). The molecule has 0 amide bonds. The minimum absolute atomic E-state index is 0.272. The number of rotatable bonds is 7. The molecule has 0 spiro atoms. The molecule has 0 fully saturated rings. The number of carbonyl (C=O) groups is 1. The number of carbonyl (C=O) groups excluding carboxylic acids is 1. The van der Waals surface area contributed by atoms with E-state index in [1.807, 2.05) is 51.1 Å². The van der Waals surface area contributed by atoms with Crippen LogP contribution in [0.2, 0.25) is 0 Å². The molecule has 0 radical (unpaired) electrons. The maximum atomic E-state index is 12.4. The fourth-order valence-corrected chi connectivity index (χ4v) is 3.29. The second-order valence-corrected chi connectivity index (χ2v) is 9.12. The lowest BCUT2D eigenvalue weighted by molar-refractivity contribution is -0.145. The lowest BCUT2D eigenvalue weighted by Crippen LogP contribution is -2.44. The van der Waals surface area contributed by atoms with Crippen LogP contribution in [0, 0.1) is 0 Å². The maximum absolute atomic E-state index is 12.4. The Kier molecular flexibility index (Phi) is 6.78. The molecule has 1 heterocycles. The van der Waals surface area contributed by atoms with Crippen LogP contribution >= 0.6 is 0 Å². The second-order valence-electron chi connectivity index (χ2n) is 7.12. The highest BCUT2D eigenvalue weighted by Gasteiger charge is 2.28. The number of nitrogens with one attached hydrogen (secondary N) is 1. The molecule has 0 aromatic heterocycles. The van der Waals surface area contributed by atoms with Gasteiger partial charge in [-0.3, -0.25) is 4.79 Å². The molecular formula is C20H27NO4S. The van der Waals surface area contributed by atoms with Gasteiger partial charge in [-0.1, -0.05) is 36.4 Å². The molecule has 0 saturated heterocycles. The minimum Gasteiger partial charge on any atom is -0.488 e. The monoisotopic (exact) mass is 377 g/mol. The number of fused-ring (bicyclic) bond motifs is 1. The number of benzene rings is 1. The SMILES string of the molecule is C=C(/C=C1/COc2ccccc21)C[C@@H](N[S@](=O)C(C)(C)C)C(=O)OCC. The van der Waals surface area contributed by atoms with E-state index < -0.39 is 27.7 Å². The Hall–Kier alpha value is -1.92. The molecule has 5 nitrogen and oxygen atoms in total. The molecule has 0 bridgehead atoms. The summed E-state index contributed by atoms with van der Waals surface area (Å²) < 4.78 is 25.6. The van der Waals surface area contributed by atoms with E-state index in [9.17, 15) is 9.00 Å². The first-order valence-corrected chi connectivity index (χ1v) is 9.82. The van der Waals surface area contributed by atoms with Gasteiger partial charge in [-0.2, -0.15) is 0 Å². The maximum Gasteiger partial charge on any atom is 0.324 e. The molecule has 26 heavy (non-hydrogen) atoms. The van der Waals surface area contributed by atoms with Crippen molar-refractivity contribution in [2.24, 2.45) is 0 Å². The Balaban J connectivity index is 2.12. The quantitative estimate of drug-likeness (QED) is 0.740. The fourth-order valence-electron chi connectivity index (χ4n) is 2.50.